The van der Waals surface area contributed by atoms with Crippen LogP contribution in [-0.4, -0.2) is 5.11 Å². The highest BCUT2D eigenvalue weighted by Gasteiger charge is 2.53. The minimum atomic E-state index is 0.350. The lowest BCUT2D eigenvalue weighted by Crippen LogP contribution is -2.50. The van der Waals surface area contributed by atoms with Crippen molar-refractivity contribution < 1.29 is 5.11 Å². The second kappa shape index (κ2) is 4.38. The summed E-state index contributed by atoms with van der Waals surface area (Å²) in [6.45, 7) is 2.50. The minimum absolute atomic E-state index is 0.350. The quantitative estimate of drug-likeness (QED) is 0.811. The molecule has 0 radical (unpaired) electrons. The molecule has 20 heavy (non-hydrogen) atoms. The van der Waals surface area contributed by atoms with Gasteiger partial charge in [0.25, 0.3) is 0 Å². The van der Waals surface area contributed by atoms with Crippen molar-refractivity contribution in [3.05, 3.63) is 35.9 Å². The summed E-state index contributed by atoms with van der Waals surface area (Å²) in [5.74, 6) is 4.24. The number of rotatable bonds is 2. The van der Waals surface area contributed by atoms with Gasteiger partial charge in [-0.25, -0.2) is 0 Å². The van der Waals surface area contributed by atoms with Crippen molar-refractivity contribution >= 4 is 6.08 Å². The topological polar surface area (TPSA) is 20.2 Å². The Kier molecular flexibility index (Phi) is 2.73. The second-order valence-electron chi connectivity index (χ2n) is 7.60. The van der Waals surface area contributed by atoms with Gasteiger partial charge in [-0.1, -0.05) is 31.2 Å². The van der Waals surface area contributed by atoms with Crippen molar-refractivity contribution in [3.8, 4) is 5.75 Å². The lowest BCUT2D eigenvalue weighted by molar-refractivity contribution is -0.0704. The largest absolute Gasteiger partial charge is 0.508 e. The van der Waals surface area contributed by atoms with Crippen LogP contribution in [-0.2, 0) is 0 Å². The molecule has 1 aromatic rings. The van der Waals surface area contributed by atoms with Gasteiger partial charge in [0.1, 0.15) is 5.75 Å². The molecule has 0 atom stereocenters. The van der Waals surface area contributed by atoms with E-state index in [4.69, 9.17) is 0 Å². The van der Waals surface area contributed by atoms with Gasteiger partial charge < -0.3 is 5.11 Å². The molecule has 4 aliphatic rings. The van der Waals surface area contributed by atoms with Gasteiger partial charge in [0, 0.05) is 0 Å². The summed E-state index contributed by atoms with van der Waals surface area (Å²) in [4.78, 5) is 0. The Bertz CT molecular complexity index is 497. The van der Waals surface area contributed by atoms with Gasteiger partial charge in [-0.05, 0) is 78.9 Å². The Balaban J connectivity index is 1.59. The van der Waals surface area contributed by atoms with Gasteiger partial charge in [-0.3, -0.25) is 0 Å². The molecule has 0 unspecified atom stereocenters. The molecular weight excluding hydrogens is 244 g/mol. The number of allylic oxidation sites excluding steroid dienone is 1. The summed E-state index contributed by atoms with van der Waals surface area (Å²) < 4.78 is 0. The van der Waals surface area contributed by atoms with E-state index in [0.717, 1.165) is 23.7 Å². The van der Waals surface area contributed by atoms with Crippen LogP contribution in [0.5, 0.6) is 5.75 Å². The van der Waals surface area contributed by atoms with Crippen LogP contribution in [0.1, 0.15) is 44.6 Å². The highest BCUT2D eigenvalue weighted by atomic mass is 16.3. The lowest BCUT2D eigenvalue weighted by Gasteiger charge is -2.59. The van der Waals surface area contributed by atoms with E-state index >= 15 is 0 Å². The van der Waals surface area contributed by atoms with Gasteiger partial charge in [0.2, 0.25) is 0 Å². The normalized spacial score (nSPS) is 42.5. The maximum Gasteiger partial charge on any atom is 0.115 e. The zero-order chi connectivity index (χ0) is 13.7. The third kappa shape index (κ3) is 1.90. The summed E-state index contributed by atoms with van der Waals surface area (Å²) in [7, 11) is 0. The van der Waals surface area contributed by atoms with Gasteiger partial charge in [-0.15, -0.1) is 0 Å². The number of benzene rings is 1. The lowest BCUT2D eigenvalue weighted by atomic mass is 9.46. The molecule has 0 saturated heterocycles. The molecule has 1 N–H and O–H groups in total. The first-order chi connectivity index (χ1) is 9.63. The average Bonchev–Trinajstić information content (AvgIpc) is 2.44. The van der Waals surface area contributed by atoms with Crippen molar-refractivity contribution in [2.75, 3.05) is 0 Å². The van der Waals surface area contributed by atoms with E-state index in [9.17, 15) is 5.11 Å². The third-order valence-corrected chi connectivity index (χ3v) is 6.43. The van der Waals surface area contributed by atoms with E-state index in [-0.39, 0.29) is 0 Å². The van der Waals surface area contributed by atoms with E-state index in [0.29, 0.717) is 11.2 Å². The number of phenols is 1. The standard InChI is InChI=1S/C19H24O/c1-19(7-6-13-2-4-18(20)5-3-13)16-9-14-8-15(11-16)12-17(19)10-14/h2-7,14-17,20H,8-12H2,1H3. The summed E-state index contributed by atoms with van der Waals surface area (Å²) in [5, 5.41) is 9.37. The summed E-state index contributed by atoms with van der Waals surface area (Å²) in [6.07, 6.45) is 12.1. The number of hydrogen-bond acceptors (Lipinski definition) is 1. The monoisotopic (exact) mass is 268 g/mol. The van der Waals surface area contributed by atoms with Crippen LogP contribution in [0.2, 0.25) is 0 Å². The zero-order valence-electron chi connectivity index (χ0n) is 12.3. The maximum atomic E-state index is 9.37. The molecule has 0 aliphatic heterocycles. The van der Waals surface area contributed by atoms with Crippen LogP contribution >= 0.6 is 0 Å². The molecule has 0 aromatic heterocycles. The molecule has 4 fully saturated rings. The molecule has 0 spiro atoms. The van der Waals surface area contributed by atoms with Crippen molar-refractivity contribution in [3.63, 3.8) is 0 Å². The van der Waals surface area contributed by atoms with Gasteiger partial charge in [-0.2, -0.15) is 0 Å². The Labute approximate surface area is 121 Å². The van der Waals surface area contributed by atoms with Crippen LogP contribution in [0.15, 0.2) is 30.3 Å². The summed E-state index contributed by atoms with van der Waals surface area (Å²) in [5.41, 5.74) is 1.61. The van der Waals surface area contributed by atoms with Gasteiger partial charge in [0.05, 0.1) is 0 Å². The van der Waals surface area contributed by atoms with Crippen molar-refractivity contribution in [1.82, 2.24) is 0 Å². The van der Waals surface area contributed by atoms with E-state index in [1.807, 2.05) is 12.1 Å². The molecule has 1 nitrogen and oxygen atoms in total. The number of phenolic OH excluding ortho intramolecular Hbond substituents is 1. The Morgan fingerprint density at radius 2 is 1.50 bits per heavy atom. The molecule has 4 aliphatic carbocycles. The predicted octanol–water partition coefficient (Wildman–Crippen LogP) is 4.87. The second-order valence-corrected chi connectivity index (χ2v) is 7.60. The molecule has 5 rings (SSSR count). The number of hydrogen-bond donors (Lipinski definition) is 1. The van der Waals surface area contributed by atoms with Crippen LogP contribution in [0, 0.1) is 29.1 Å². The van der Waals surface area contributed by atoms with E-state index in [1.54, 1.807) is 12.1 Å². The molecule has 1 heteroatoms. The van der Waals surface area contributed by atoms with E-state index in [1.165, 1.54) is 37.7 Å². The molecule has 106 valence electrons. The van der Waals surface area contributed by atoms with Crippen LogP contribution in [0.25, 0.3) is 6.08 Å². The Hall–Kier alpha value is -1.24. The summed E-state index contributed by atoms with van der Waals surface area (Å²) in [6, 6.07) is 7.56. The zero-order valence-corrected chi connectivity index (χ0v) is 12.3. The van der Waals surface area contributed by atoms with Gasteiger partial charge in [0.15, 0.2) is 0 Å². The molecule has 0 amide bonds. The molecular formula is C19H24O. The maximum absolute atomic E-state index is 9.37. The first kappa shape index (κ1) is 12.5. The predicted molar refractivity (Wildman–Crippen MR) is 82.3 cm³/mol. The van der Waals surface area contributed by atoms with Gasteiger partial charge >= 0.3 is 0 Å². The molecule has 4 bridgehead atoms. The molecule has 0 heterocycles. The average molecular weight is 268 g/mol. The highest BCUT2D eigenvalue weighted by Crippen LogP contribution is 2.62. The summed E-state index contributed by atoms with van der Waals surface area (Å²) >= 11 is 0. The Morgan fingerprint density at radius 1 is 0.950 bits per heavy atom. The fourth-order valence-corrected chi connectivity index (χ4v) is 5.33. The van der Waals surface area contributed by atoms with Crippen molar-refractivity contribution in [1.29, 1.82) is 0 Å². The fraction of sp³-hybridized carbons (Fsp3) is 0.579. The Morgan fingerprint density at radius 3 is 2.05 bits per heavy atom. The molecule has 4 saturated carbocycles. The smallest absolute Gasteiger partial charge is 0.115 e. The first-order valence-electron chi connectivity index (χ1n) is 8.12. The first-order valence-corrected chi connectivity index (χ1v) is 8.12. The fourth-order valence-electron chi connectivity index (χ4n) is 5.33. The van der Waals surface area contributed by atoms with Crippen LogP contribution in [0.4, 0.5) is 0 Å². The van der Waals surface area contributed by atoms with Crippen molar-refractivity contribution in [2.45, 2.75) is 39.0 Å². The minimum Gasteiger partial charge on any atom is -0.508 e. The SMILES string of the molecule is CC1(C=Cc2ccc(O)cc2)C2CC3CC(C2)CC1C3. The van der Waals surface area contributed by atoms with Crippen LogP contribution < -0.4 is 0 Å². The van der Waals surface area contributed by atoms with Crippen molar-refractivity contribution in [2.24, 2.45) is 29.1 Å². The highest BCUT2D eigenvalue weighted by molar-refractivity contribution is 5.51. The van der Waals surface area contributed by atoms with Crippen LogP contribution in [0.3, 0.4) is 0 Å². The molecule has 1 aromatic carbocycles. The third-order valence-electron chi connectivity index (χ3n) is 6.43. The number of aromatic hydroxyl groups is 1. The van der Waals surface area contributed by atoms with E-state index < -0.39 is 0 Å². The van der Waals surface area contributed by atoms with E-state index in [2.05, 4.69) is 19.1 Å².